The molecule has 2 aromatic rings. The van der Waals surface area contributed by atoms with Gasteiger partial charge in [-0.15, -0.1) is 0 Å². The van der Waals surface area contributed by atoms with E-state index in [0.29, 0.717) is 0 Å². The van der Waals surface area contributed by atoms with Crippen molar-refractivity contribution in [3.63, 3.8) is 0 Å². The van der Waals surface area contributed by atoms with E-state index >= 15 is 0 Å². The van der Waals surface area contributed by atoms with Gasteiger partial charge in [-0.05, 0) is 40.8 Å². The first kappa shape index (κ1) is 8.25. The quantitative estimate of drug-likeness (QED) is 0.739. The van der Waals surface area contributed by atoms with Crippen LogP contribution in [0.25, 0.3) is 10.1 Å². The van der Waals surface area contributed by atoms with Crippen LogP contribution in [0.2, 0.25) is 0 Å². The minimum absolute atomic E-state index is 0.260. The Morgan fingerprint density at radius 3 is 2.92 bits per heavy atom. The second-order valence-corrected chi connectivity index (χ2v) is 4.47. The number of fused-ring (bicyclic) bond motifs is 1. The van der Waals surface area contributed by atoms with E-state index in [-0.39, 0.29) is 10.9 Å². The van der Waals surface area contributed by atoms with Crippen LogP contribution in [-0.2, 0) is 0 Å². The summed E-state index contributed by atoms with van der Waals surface area (Å²) in [6, 6.07) is 4.51. The normalized spacial score (nSPS) is 10.8. The summed E-state index contributed by atoms with van der Waals surface area (Å²) in [5.74, 6) is -0.266. The Balaban J connectivity index is 2.88. The van der Waals surface area contributed by atoms with E-state index in [0.717, 1.165) is 13.7 Å². The molecule has 0 amide bonds. The number of hydrogen-bond donors (Lipinski definition) is 1. The topological polar surface area (TPSA) is 20.2 Å². The van der Waals surface area contributed by atoms with Crippen molar-refractivity contribution in [2.24, 2.45) is 0 Å². The van der Waals surface area contributed by atoms with Crippen LogP contribution in [0.5, 0.6) is 5.06 Å². The third-order valence-electron chi connectivity index (χ3n) is 1.57. The highest BCUT2D eigenvalue weighted by Crippen LogP contribution is 2.37. The molecule has 1 aromatic carbocycles. The molecule has 0 atom stereocenters. The number of hydrogen-bond acceptors (Lipinski definition) is 2. The van der Waals surface area contributed by atoms with E-state index in [1.165, 1.54) is 23.5 Å². The zero-order chi connectivity index (χ0) is 8.72. The minimum atomic E-state index is -0.266. The molecule has 0 saturated carbocycles. The fourth-order valence-electron chi connectivity index (χ4n) is 1.03. The molecule has 0 fully saturated rings. The summed E-state index contributed by atoms with van der Waals surface area (Å²) >= 11 is 3.28. The lowest BCUT2D eigenvalue weighted by atomic mass is 10.2. The molecule has 0 aliphatic rings. The Morgan fingerprint density at radius 1 is 1.42 bits per heavy atom. The average molecular weight is 294 g/mol. The van der Waals surface area contributed by atoms with Crippen LogP contribution in [0.15, 0.2) is 18.2 Å². The Kier molecular flexibility index (Phi) is 1.96. The summed E-state index contributed by atoms with van der Waals surface area (Å²) in [5, 5.41) is 10.4. The average Bonchev–Trinajstić information content (AvgIpc) is 2.31. The first-order valence-electron chi connectivity index (χ1n) is 3.25. The minimum Gasteiger partial charge on any atom is -0.499 e. The van der Waals surface area contributed by atoms with Gasteiger partial charge >= 0.3 is 0 Å². The molecule has 0 saturated heterocycles. The Morgan fingerprint density at radius 2 is 2.17 bits per heavy atom. The van der Waals surface area contributed by atoms with Gasteiger partial charge in [0.2, 0.25) is 0 Å². The van der Waals surface area contributed by atoms with Gasteiger partial charge in [0.25, 0.3) is 0 Å². The Bertz CT molecular complexity index is 438. The summed E-state index contributed by atoms with van der Waals surface area (Å²) in [5.41, 5.74) is 0. The largest absolute Gasteiger partial charge is 0.499 e. The van der Waals surface area contributed by atoms with Crippen LogP contribution in [0, 0.1) is 9.39 Å². The molecule has 0 aliphatic carbocycles. The highest BCUT2D eigenvalue weighted by atomic mass is 127. The first-order valence-corrected chi connectivity index (χ1v) is 5.14. The maximum absolute atomic E-state index is 12.7. The summed E-state index contributed by atoms with van der Waals surface area (Å²) in [7, 11) is 0. The predicted molar refractivity (Wildman–Crippen MR) is 56.2 cm³/mol. The second kappa shape index (κ2) is 2.85. The summed E-state index contributed by atoms with van der Waals surface area (Å²) < 4.78 is 14.4. The summed E-state index contributed by atoms with van der Waals surface area (Å²) in [4.78, 5) is 0. The lowest BCUT2D eigenvalue weighted by Gasteiger charge is -1.89. The van der Waals surface area contributed by atoms with Crippen LogP contribution in [-0.4, -0.2) is 5.11 Å². The standard InChI is InChI=1S/C8H4FIOS/c9-4-1-2-6-5(3-4)7(10)8(11)12-6/h1-3,11H. The third kappa shape index (κ3) is 1.19. The van der Waals surface area contributed by atoms with Crippen molar-refractivity contribution in [3.8, 4) is 5.06 Å². The van der Waals surface area contributed by atoms with Crippen LogP contribution < -0.4 is 0 Å². The van der Waals surface area contributed by atoms with Gasteiger partial charge in [0.15, 0.2) is 5.06 Å². The van der Waals surface area contributed by atoms with Crippen molar-refractivity contribution in [2.45, 2.75) is 0 Å². The molecule has 1 nitrogen and oxygen atoms in total. The molecule has 0 unspecified atom stereocenters. The molecule has 1 aromatic heterocycles. The van der Waals surface area contributed by atoms with Crippen molar-refractivity contribution in [2.75, 3.05) is 0 Å². The molecule has 1 N–H and O–H groups in total. The van der Waals surface area contributed by atoms with E-state index in [1.54, 1.807) is 6.07 Å². The van der Waals surface area contributed by atoms with E-state index < -0.39 is 0 Å². The van der Waals surface area contributed by atoms with Crippen molar-refractivity contribution in [3.05, 3.63) is 27.6 Å². The van der Waals surface area contributed by atoms with Crippen LogP contribution in [0.3, 0.4) is 0 Å². The van der Waals surface area contributed by atoms with E-state index in [1.807, 2.05) is 22.6 Å². The predicted octanol–water partition coefficient (Wildman–Crippen LogP) is 3.35. The number of aromatic hydroxyl groups is 1. The van der Waals surface area contributed by atoms with Crippen molar-refractivity contribution >= 4 is 44.0 Å². The van der Waals surface area contributed by atoms with Gasteiger partial charge in [-0.2, -0.15) is 0 Å². The van der Waals surface area contributed by atoms with Crippen LogP contribution in [0.4, 0.5) is 4.39 Å². The molecule has 0 radical (unpaired) electrons. The number of rotatable bonds is 0. The van der Waals surface area contributed by atoms with Gasteiger partial charge in [0, 0.05) is 10.1 Å². The van der Waals surface area contributed by atoms with Crippen molar-refractivity contribution < 1.29 is 9.50 Å². The maximum atomic E-state index is 12.7. The monoisotopic (exact) mass is 294 g/mol. The van der Waals surface area contributed by atoms with Gasteiger partial charge in [-0.25, -0.2) is 4.39 Å². The van der Waals surface area contributed by atoms with E-state index in [9.17, 15) is 9.50 Å². The summed E-state index contributed by atoms with van der Waals surface area (Å²) in [6.45, 7) is 0. The second-order valence-electron chi connectivity index (χ2n) is 2.36. The lowest BCUT2D eigenvalue weighted by molar-refractivity contribution is 0.488. The van der Waals surface area contributed by atoms with E-state index in [4.69, 9.17) is 0 Å². The molecule has 12 heavy (non-hydrogen) atoms. The van der Waals surface area contributed by atoms with Crippen molar-refractivity contribution in [1.82, 2.24) is 0 Å². The molecule has 1 heterocycles. The zero-order valence-electron chi connectivity index (χ0n) is 5.84. The van der Waals surface area contributed by atoms with Gasteiger partial charge in [-0.1, -0.05) is 11.3 Å². The first-order chi connectivity index (χ1) is 5.68. The molecule has 0 aliphatic heterocycles. The van der Waals surface area contributed by atoms with Gasteiger partial charge in [0.05, 0.1) is 3.57 Å². The molecule has 0 bridgehead atoms. The highest BCUT2D eigenvalue weighted by Gasteiger charge is 2.08. The molecule has 62 valence electrons. The lowest BCUT2D eigenvalue weighted by Crippen LogP contribution is -1.72. The van der Waals surface area contributed by atoms with Crippen molar-refractivity contribution in [1.29, 1.82) is 0 Å². The fourth-order valence-corrected chi connectivity index (χ4v) is 2.80. The molecule has 4 heteroatoms. The Labute approximate surface area is 86.0 Å². The fraction of sp³-hybridized carbons (Fsp3) is 0. The van der Waals surface area contributed by atoms with Gasteiger partial charge in [-0.3, -0.25) is 0 Å². The van der Waals surface area contributed by atoms with E-state index in [2.05, 4.69) is 0 Å². The molecule has 2 rings (SSSR count). The third-order valence-corrected chi connectivity index (χ3v) is 4.00. The SMILES string of the molecule is Oc1sc2ccc(F)cc2c1I. The van der Waals surface area contributed by atoms with Gasteiger partial charge < -0.3 is 5.11 Å². The number of thiophene rings is 1. The maximum Gasteiger partial charge on any atom is 0.186 e. The van der Waals surface area contributed by atoms with Crippen LogP contribution >= 0.6 is 33.9 Å². The smallest absolute Gasteiger partial charge is 0.186 e. The zero-order valence-corrected chi connectivity index (χ0v) is 8.82. The number of halogens is 2. The molecular weight excluding hydrogens is 290 g/mol. The Hall–Kier alpha value is -0.360. The molecule has 0 spiro atoms. The summed E-state index contributed by atoms with van der Waals surface area (Å²) in [6.07, 6.45) is 0. The number of benzene rings is 1. The van der Waals surface area contributed by atoms with Gasteiger partial charge in [0.1, 0.15) is 5.82 Å². The highest BCUT2D eigenvalue weighted by molar-refractivity contribution is 14.1. The van der Waals surface area contributed by atoms with Crippen LogP contribution in [0.1, 0.15) is 0 Å². The molecular formula is C8H4FIOS.